The number of H-pyrrole nitrogens is 1. The summed E-state index contributed by atoms with van der Waals surface area (Å²) in [5.41, 5.74) is -0.393. The van der Waals surface area contributed by atoms with Gasteiger partial charge in [-0.15, -0.1) is 0 Å². The molecule has 8 heteroatoms. The molecule has 8 nitrogen and oxygen atoms in total. The number of amides is 1. The number of carbonyl (C=O) groups is 1. The Morgan fingerprint density at radius 3 is 2.87 bits per heavy atom. The molecule has 0 aliphatic rings. The number of anilines is 1. The molecular weight excluding hydrogens is 202 g/mol. The molecule has 2 heterocycles. The van der Waals surface area contributed by atoms with Crippen LogP contribution in [0.4, 0.5) is 10.7 Å². The van der Waals surface area contributed by atoms with Crippen molar-refractivity contribution >= 4 is 23.2 Å². The molecule has 2 aromatic rings. The Hall–Kier alpha value is -2.51. The van der Waals surface area contributed by atoms with Gasteiger partial charge in [-0.3, -0.25) is 15.1 Å². The third-order valence-electron chi connectivity index (χ3n) is 1.57. The Morgan fingerprint density at radius 2 is 2.13 bits per heavy atom. The highest BCUT2D eigenvalue weighted by Crippen LogP contribution is 2.01. The molecule has 3 N–H and O–H groups in total. The van der Waals surface area contributed by atoms with E-state index in [4.69, 9.17) is 5.11 Å². The van der Waals surface area contributed by atoms with Gasteiger partial charge in [0.05, 0.1) is 0 Å². The molecule has 0 spiro atoms. The zero-order chi connectivity index (χ0) is 10.8. The minimum atomic E-state index is -1.32. The molecular formula is C7H5N5O3. The zero-order valence-electron chi connectivity index (χ0n) is 7.26. The number of nitrogens with zero attached hydrogens (tertiary/aromatic N) is 3. The van der Waals surface area contributed by atoms with Crippen LogP contribution >= 0.6 is 0 Å². The summed E-state index contributed by atoms with van der Waals surface area (Å²) in [7, 11) is 0. The number of aromatic nitrogens is 4. The van der Waals surface area contributed by atoms with E-state index in [1.807, 2.05) is 5.32 Å². The summed E-state index contributed by atoms with van der Waals surface area (Å²) in [6, 6.07) is 0. The molecule has 0 saturated heterocycles. The summed E-state index contributed by atoms with van der Waals surface area (Å²) in [5.74, 6) is -0.180. The Labute approximate surface area is 82.0 Å². The van der Waals surface area contributed by atoms with Gasteiger partial charge in [0.25, 0.3) is 5.56 Å². The van der Waals surface area contributed by atoms with Crippen LogP contribution in [0.25, 0.3) is 11.2 Å². The molecule has 0 atom stereocenters. The minimum Gasteiger partial charge on any atom is -0.465 e. The lowest BCUT2D eigenvalue weighted by molar-refractivity contribution is 0.209. The third kappa shape index (κ3) is 1.73. The predicted octanol–water partition coefficient (Wildman–Crippen LogP) is -0.197. The van der Waals surface area contributed by atoms with Gasteiger partial charge in [-0.1, -0.05) is 0 Å². The van der Waals surface area contributed by atoms with Gasteiger partial charge in [0, 0.05) is 12.4 Å². The van der Waals surface area contributed by atoms with Crippen molar-refractivity contribution < 1.29 is 9.90 Å². The van der Waals surface area contributed by atoms with Crippen LogP contribution in [0, 0.1) is 0 Å². The van der Waals surface area contributed by atoms with Crippen molar-refractivity contribution in [2.24, 2.45) is 0 Å². The molecule has 76 valence electrons. The maximum absolute atomic E-state index is 11.4. The van der Waals surface area contributed by atoms with Crippen molar-refractivity contribution in [3.05, 3.63) is 22.7 Å². The summed E-state index contributed by atoms with van der Waals surface area (Å²) in [6.07, 6.45) is 1.39. The minimum absolute atomic E-state index is 0.0634. The van der Waals surface area contributed by atoms with Gasteiger partial charge in [-0.2, -0.15) is 4.98 Å². The van der Waals surface area contributed by atoms with E-state index in [1.165, 1.54) is 12.4 Å². The fourth-order valence-electron chi connectivity index (χ4n) is 1.03. The first-order chi connectivity index (χ1) is 7.16. The molecule has 0 unspecified atom stereocenters. The summed E-state index contributed by atoms with van der Waals surface area (Å²) >= 11 is 0. The number of aromatic amines is 1. The highest BCUT2D eigenvalue weighted by molar-refractivity contribution is 5.81. The lowest BCUT2D eigenvalue weighted by atomic mass is 10.5. The topological polar surface area (TPSA) is 121 Å². The largest absolute Gasteiger partial charge is 0.465 e. The number of hydrogen-bond donors (Lipinski definition) is 3. The van der Waals surface area contributed by atoms with Crippen molar-refractivity contribution in [3.63, 3.8) is 0 Å². The van der Waals surface area contributed by atoms with Crippen LogP contribution in [0.1, 0.15) is 0 Å². The monoisotopic (exact) mass is 207 g/mol. The van der Waals surface area contributed by atoms with Gasteiger partial charge in [-0.05, 0) is 0 Å². The first kappa shape index (κ1) is 9.06. The van der Waals surface area contributed by atoms with Crippen LogP contribution in [0.5, 0.6) is 0 Å². The molecule has 0 saturated carbocycles. The Balaban J connectivity index is 2.62. The maximum Gasteiger partial charge on any atom is 0.411 e. The van der Waals surface area contributed by atoms with Crippen molar-refractivity contribution in [2.75, 3.05) is 5.32 Å². The standard InChI is InChI=1S/C7H5N5O3/c13-5-3-4(9-2-1-8-3)10-6(11-5)12-7(14)15/h1-2H,(H,14,15)(H2,9,10,11,12,13). The van der Waals surface area contributed by atoms with Crippen LogP contribution in [0.15, 0.2) is 17.2 Å². The number of rotatable bonds is 1. The SMILES string of the molecule is O=C(O)Nc1nc2nccnc2c(=O)[nH]1. The quantitative estimate of drug-likeness (QED) is 0.595. The summed E-state index contributed by atoms with van der Waals surface area (Å²) < 4.78 is 0. The number of carboxylic acid groups (broad SMARTS) is 1. The molecule has 0 aliphatic carbocycles. The molecule has 0 aromatic carbocycles. The van der Waals surface area contributed by atoms with Crippen molar-refractivity contribution in [3.8, 4) is 0 Å². The number of fused-ring (bicyclic) bond motifs is 1. The summed E-state index contributed by atoms with van der Waals surface area (Å²) in [5, 5.41) is 10.3. The van der Waals surface area contributed by atoms with E-state index in [0.29, 0.717) is 0 Å². The van der Waals surface area contributed by atoms with Gasteiger partial charge >= 0.3 is 6.09 Å². The number of hydrogen-bond acceptors (Lipinski definition) is 5. The molecule has 0 radical (unpaired) electrons. The first-order valence-corrected chi connectivity index (χ1v) is 3.88. The van der Waals surface area contributed by atoms with Crippen molar-refractivity contribution in [1.82, 2.24) is 19.9 Å². The lowest BCUT2D eigenvalue weighted by Crippen LogP contribution is -2.17. The molecule has 0 fully saturated rings. The lowest BCUT2D eigenvalue weighted by Gasteiger charge is -1.99. The second-order valence-electron chi connectivity index (χ2n) is 2.57. The van der Waals surface area contributed by atoms with Gasteiger partial charge in [0.15, 0.2) is 11.2 Å². The first-order valence-electron chi connectivity index (χ1n) is 3.88. The fourth-order valence-corrected chi connectivity index (χ4v) is 1.03. The zero-order valence-corrected chi connectivity index (χ0v) is 7.26. The third-order valence-corrected chi connectivity index (χ3v) is 1.57. The van der Waals surface area contributed by atoms with Crippen LogP contribution in [-0.4, -0.2) is 31.1 Å². The Bertz CT molecular complexity index is 578. The van der Waals surface area contributed by atoms with Gasteiger partial charge in [0.1, 0.15) is 0 Å². The normalized spacial score (nSPS) is 10.1. The van der Waals surface area contributed by atoms with E-state index in [-0.39, 0.29) is 17.1 Å². The average Bonchev–Trinajstić information content (AvgIpc) is 2.16. The summed E-state index contributed by atoms with van der Waals surface area (Å²) in [4.78, 5) is 35.2. The molecule has 1 amide bonds. The van der Waals surface area contributed by atoms with Crippen LogP contribution in [0.3, 0.4) is 0 Å². The smallest absolute Gasteiger partial charge is 0.411 e. The van der Waals surface area contributed by atoms with Gasteiger partial charge in [-0.25, -0.2) is 14.8 Å². The molecule has 15 heavy (non-hydrogen) atoms. The van der Waals surface area contributed by atoms with Crippen molar-refractivity contribution in [2.45, 2.75) is 0 Å². The average molecular weight is 207 g/mol. The Morgan fingerprint density at radius 1 is 1.40 bits per heavy atom. The van der Waals surface area contributed by atoms with E-state index in [0.717, 1.165) is 0 Å². The van der Waals surface area contributed by atoms with Crippen LogP contribution in [-0.2, 0) is 0 Å². The molecule has 2 aromatic heterocycles. The van der Waals surface area contributed by atoms with E-state index in [9.17, 15) is 9.59 Å². The van der Waals surface area contributed by atoms with Gasteiger partial charge in [0.2, 0.25) is 5.95 Å². The van der Waals surface area contributed by atoms with Gasteiger partial charge < -0.3 is 5.11 Å². The van der Waals surface area contributed by atoms with E-state index >= 15 is 0 Å². The van der Waals surface area contributed by atoms with Crippen LogP contribution in [0.2, 0.25) is 0 Å². The van der Waals surface area contributed by atoms with Crippen LogP contribution < -0.4 is 10.9 Å². The molecule has 0 bridgehead atoms. The molecule has 2 rings (SSSR count). The second kappa shape index (κ2) is 3.33. The summed E-state index contributed by atoms with van der Waals surface area (Å²) in [6.45, 7) is 0. The highest BCUT2D eigenvalue weighted by Gasteiger charge is 2.06. The molecule has 0 aliphatic heterocycles. The second-order valence-corrected chi connectivity index (χ2v) is 2.57. The fraction of sp³-hybridized carbons (Fsp3) is 0. The predicted molar refractivity (Wildman–Crippen MR) is 49.6 cm³/mol. The van der Waals surface area contributed by atoms with E-state index in [2.05, 4.69) is 19.9 Å². The Kier molecular flexibility index (Phi) is 2.01. The maximum atomic E-state index is 11.4. The number of nitrogens with one attached hydrogen (secondary N) is 2. The van der Waals surface area contributed by atoms with E-state index in [1.54, 1.807) is 0 Å². The van der Waals surface area contributed by atoms with Crippen molar-refractivity contribution in [1.29, 1.82) is 0 Å². The highest BCUT2D eigenvalue weighted by atomic mass is 16.4. The van der Waals surface area contributed by atoms with E-state index < -0.39 is 11.7 Å².